The Balaban J connectivity index is 4.30. The van der Waals surface area contributed by atoms with Gasteiger partial charge >= 0.3 is 0 Å². The van der Waals surface area contributed by atoms with Gasteiger partial charge in [0.15, 0.2) is 0 Å². The number of nitrogens with one attached hydrogen (secondary N) is 1. The average molecular weight is 187 g/mol. The van der Waals surface area contributed by atoms with E-state index in [0.717, 1.165) is 0 Å². The van der Waals surface area contributed by atoms with Crippen LogP contribution >= 0.6 is 0 Å². The van der Waals surface area contributed by atoms with Gasteiger partial charge in [0.2, 0.25) is 0 Å². The molecule has 0 aliphatic rings. The molecule has 0 fully saturated rings. The van der Waals surface area contributed by atoms with E-state index in [2.05, 4.69) is 46.5 Å². The molecule has 1 nitrogen and oxygen atoms in total. The van der Waals surface area contributed by atoms with Crippen molar-refractivity contribution < 1.29 is 0 Å². The van der Waals surface area contributed by atoms with E-state index in [9.17, 15) is 0 Å². The van der Waals surface area contributed by atoms with E-state index in [-0.39, 0.29) is 0 Å². The van der Waals surface area contributed by atoms with Gasteiger partial charge in [-0.2, -0.15) is 0 Å². The molecule has 0 atom stereocenters. The van der Waals surface area contributed by atoms with Gasteiger partial charge in [0.25, 0.3) is 0 Å². The minimum atomic E-state index is -1.10. The van der Waals surface area contributed by atoms with Crippen molar-refractivity contribution in [3.63, 3.8) is 0 Å². The molecule has 0 rings (SSSR count). The summed E-state index contributed by atoms with van der Waals surface area (Å²) in [5, 5.41) is 0. The summed E-state index contributed by atoms with van der Waals surface area (Å²) in [6.45, 7) is 13.8. The highest BCUT2D eigenvalue weighted by atomic mass is 28.3. The second-order valence-corrected chi connectivity index (χ2v) is 9.65. The molecule has 0 radical (unpaired) electrons. The van der Waals surface area contributed by atoms with E-state index >= 15 is 0 Å². The third kappa shape index (κ3) is 3.72. The fourth-order valence-corrected chi connectivity index (χ4v) is 5.43. The zero-order chi connectivity index (χ0) is 9.83. The van der Waals surface area contributed by atoms with Crippen molar-refractivity contribution in [1.82, 2.24) is 4.98 Å². The lowest BCUT2D eigenvalue weighted by molar-refractivity contribution is 0.507. The predicted molar refractivity (Wildman–Crippen MR) is 60.1 cm³/mol. The van der Waals surface area contributed by atoms with Gasteiger partial charge in [-0.25, -0.2) is 0 Å². The van der Waals surface area contributed by atoms with Crippen molar-refractivity contribution in [2.45, 2.75) is 65.2 Å². The highest BCUT2D eigenvalue weighted by molar-refractivity contribution is 6.77. The lowest BCUT2D eigenvalue weighted by Gasteiger charge is -2.37. The van der Waals surface area contributed by atoms with Crippen LogP contribution in [0.1, 0.15) is 41.5 Å². The van der Waals surface area contributed by atoms with Crippen LogP contribution in [-0.2, 0) is 0 Å². The predicted octanol–water partition coefficient (Wildman–Crippen LogP) is 3.38. The Morgan fingerprint density at radius 3 is 1.33 bits per heavy atom. The molecule has 74 valence electrons. The maximum Gasteiger partial charge on any atom is 0.125 e. The van der Waals surface area contributed by atoms with E-state index in [1.54, 1.807) is 0 Å². The molecule has 0 spiro atoms. The molecular weight excluding hydrogens is 162 g/mol. The van der Waals surface area contributed by atoms with Crippen molar-refractivity contribution in [1.29, 1.82) is 0 Å². The Morgan fingerprint density at radius 1 is 0.917 bits per heavy atom. The maximum absolute atomic E-state index is 3.86. The second kappa shape index (κ2) is 4.42. The normalized spacial score (nSPS) is 13.5. The topological polar surface area (TPSA) is 12.0 Å². The lowest BCUT2D eigenvalue weighted by atomic mass is 10.1. The maximum atomic E-state index is 3.86. The summed E-state index contributed by atoms with van der Waals surface area (Å²) in [5.74, 6) is 0. The Morgan fingerprint density at radius 2 is 1.25 bits per heavy atom. The molecule has 0 aromatic heterocycles. The number of hydrogen-bond acceptors (Lipinski definition) is 1. The summed E-state index contributed by atoms with van der Waals surface area (Å²) < 4.78 is 0. The zero-order valence-electron chi connectivity index (χ0n) is 9.62. The van der Waals surface area contributed by atoms with Crippen LogP contribution < -0.4 is 4.98 Å². The van der Waals surface area contributed by atoms with Gasteiger partial charge in [0, 0.05) is 5.54 Å². The van der Waals surface area contributed by atoms with Crippen LogP contribution in [0.3, 0.4) is 0 Å². The van der Waals surface area contributed by atoms with Gasteiger partial charge in [-0.15, -0.1) is 0 Å². The molecule has 0 heterocycles. The molecule has 0 aromatic carbocycles. The van der Waals surface area contributed by atoms with E-state index in [1.807, 2.05) is 0 Å². The molecule has 2 heteroatoms. The quantitative estimate of drug-likeness (QED) is 0.665. The Kier molecular flexibility index (Phi) is 4.49. The highest BCUT2D eigenvalue weighted by Crippen LogP contribution is 2.20. The van der Waals surface area contributed by atoms with E-state index < -0.39 is 8.24 Å². The van der Waals surface area contributed by atoms with Crippen molar-refractivity contribution in [3.8, 4) is 0 Å². The summed E-state index contributed by atoms with van der Waals surface area (Å²) >= 11 is 0. The van der Waals surface area contributed by atoms with Gasteiger partial charge in [-0.05, 0) is 38.9 Å². The molecule has 0 bridgehead atoms. The van der Waals surface area contributed by atoms with Gasteiger partial charge in [0.1, 0.15) is 8.24 Å². The van der Waals surface area contributed by atoms with Crippen LogP contribution in [0.25, 0.3) is 0 Å². The van der Waals surface area contributed by atoms with Crippen molar-refractivity contribution in [2.75, 3.05) is 0 Å². The SMILES string of the molecule is CC[Si](CC)(CC)NC(C)(C)C. The van der Waals surface area contributed by atoms with Crippen molar-refractivity contribution >= 4 is 8.24 Å². The third-order valence-corrected chi connectivity index (χ3v) is 8.01. The fraction of sp³-hybridized carbons (Fsp3) is 1.00. The molecule has 0 saturated heterocycles. The number of hydrogen-bond donors (Lipinski definition) is 1. The number of rotatable bonds is 4. The molecule has 0 saturated carbocycles. The van der Waals surface area contributed by atoms with Crippen LogP contribution in [0.2, 0.25) is 18.1 Å². The molecule has 0 unspecified atom stereocenters. The fourth-order valence-electron chi connectivity index (χ4n) is 1.81. The van der Waals surface area contributed by atoms with Crippen LogP contribution in [0.5, 0.6) is 0 Å². The molecule has 0 aliphatic heterocycles. The van der Waals surface area contributed by atoms with E-state index in [0.29, 0.717) is 5.54 Å². The van der Waals surface area contributed by atoms with Gasteiger partial charge in [-0.1, -0.05) is 20.8 Å². The molecular formula is C10H25NSi. The first-order chi connectivity index (χ1) is 5.39. The molecule has 0 amide bonds. The smallest absolute Gasteiger partial charge is 0.125 e. The highest BCUT2D eigenvalue weighted by Gasteiger charge is 2.30. The first-order valence-corrected chi connectivity index (χ1v) is 7.80. The standard InChI is InChI=1S/C10H25NSi/c1-7-12(8-2,9-3)11-10(4,5)6/h11H,7-9H2,1-6H3. The van der Waals surface area contributed by atoms with Crippen LogP contribution in [0.15, 0.2) is 0 Å². The molecule has 0 aliphatic carbocycles. The third-order valence-electron chi connectivity index (χ3n) is 2.67. The van der Waals surface area contributed by atoms with Crippen LogP contribution in [0.4, 0.5) is 0 Å². The summed E-state index contributed by atoms with van der Waals surface area (Å²) in [5.41, 5.74) is 0.300. The first-order valence-electron chi connectivity index (χ1n) is 5.18. The second-order valence-electron chi connectivity index (χ2n) is 4.72. The van der Waals surface area contributed by atoms with Crippen LogP contribution in [0, 0.1) is 0 Å². The summed E-state index contributed by atoms with van der Waals surface area (Å²) in [4.78, 5) is 3.86. The zero-order valence-corrected chi connectivity index (χ0v) is 10.6. The van der Waals surface area contributed by atoms with Crippen molar-refractivity contribution in [3.05, 3.63) is 0 Å². The van der Waals surface area contributed by atoms with Gasteiger partial charge < -0.3 is 4.98 Å². The van der Waals surface area contributed by atoms with Gasteiger partial charge in [-0.3, -0.25) is 0 Å². The summed E-state index contributed by atoms with van der Waals surface area (Å²) in [6.07, 6.45) is 0. The Bertz CT molecular complexity index is 114. The Hall–Kier alpha value is 0.177. The van der Waals surface area contributed by atoms with Gasteiger partial charge in [0.05, 0.1) is 0 Å². The van der Waals surface area contributed by atoms with Crippen molar-refractivity contribution in [2.24, 2.45) is 0 Å². The minimum Gasteiger partial charge on any atom is -0.332 e. The largest absolute Gasteiger partial charge is 0.332 e. The average Bonchev–Trinajstić information content (AvgIpc) is 1.99. The Labute approximate surface area is 79.0 Å². The lowest BCUT2D eigenvalue weighted by Crippen LogP contribution is -2.57. The van der Waals surface area contributed by atoms with E-state index in [1.165, 1.54) is 18.1 Å². The summed E-state index contributed by atoms with van der Waals surface area (Å²) in [6, 6.07) is 4.08. The minimum absolute atomic E-state index is 0.300. The summed E-state index contributed by atoms with van der Waals surface area (Å²) in [7, 11) is -1.10. The first kappa shape index (κ1) is 12.2. The van der Waals surface area contributed by atoms with Crippen LogP contribution in [-0.4, -0.2) is 13.8 Å². The monoisotopic (exact) mass is 187 g/mol. The molecule has 12 heavy (non-hydrogen) atoms. The molecule has 1 N–H and O–H groups in total. The van der Waals surface area contributed by atoms with E-state index in [4.69, 9.17) is 0 Å². The molecule has 0 aromatic rings.